The van der Waals surface area contributed by atoms with Gasteiger partial charge in [0.1, 0.15) is 11.8 Å². The fourth-order valence-corrected chi connectivity index (χ4v) is 1.42. The Bertz CT molecular complexity index is 306. The van der Waals surface area contributed by atoms with Gasteiger partial charge in [-0.2, -0.15) is 5.26 Å². The summed E-state index contributed by atoms with van der Waals surface area (Å²) in [6.45, 7) is 1.48. The smallest absolute Gasteiger partial charge is 0.140 e. The molecule has 4 heteroatoms. The van der Waals surface area contributed by atoms with Crippen molar-refractivity contribution in [2.75, 3.05) is 13.2 Å². The summed E-state index contributed by atoms with van der Waals surface area (Å²) >= 11 is 0. The highest BCUT2D eigenvalue weighted by Gasteiger charge is 2.19. The highest BCUT2D eigenvalue weighted by molar-refractivity contribution is 5.18. The summed E-state index contributed by atoms with van der Waals surface area (Å²) in [6, 6.07) is 2.40. The Balaban J connectivity index is 2.27. The molecule has 1 unspecified atom stereocenters. The Hall–Kier alpha value is -1.34. The fraction of sp³-hybridized carbons (Fsp3) is 0.500. The van der Waals surface area contributed by atoms with Crippen LogP contribution in [0, 0.1) is 11.3 Å². The average molecular weight is 163 g/mol. The Labute approximate surface area is 70.4 Å². The molecule has 0 radical (unpaired) electrons. The quantitative estimate of drug-likeness (QED) is 0.612. The van der Waals surface area contributed by atoms with Crippen LogP contribution in [0.4, 0.5) is 0 Å². The monoisotopic (exact) mass is 163 g/mol. The molecule has 0 N–H and O–H groups in total. The van der Waals surface area contributed by atoms with Gasteiger partial charge in [0.15, 0.2) is 0 Å². The molecular weight excluding hydrogens is 154 g/mol. The lowest BCUT2D eigenvalue weighted by Gasteiger charge is -2.09. The van der Waals surface area contributed by atoms with E-state index in [-0.39, 0.29) is 0 Å². The molecule has 0 saturated carbocycles. The molecule has 12 heavy (non-hydrogen) atoms. The van der Waals surface area contributed by atoms with Crippen LogP contribution in [0.1, 0.15) is 18.2 Å². The molecule has 2 rings (SSSR count). The third-order valence-electron chi connectivity index (χ3n) is 2.08. The van der Waals surface area contributed by atoms with Crippen LogP contribution in [0.2, 0.25) is 0 Å². The zero-order valence-corrected chi connectivity index (χ0v) is 6.60. The maximum atomic E-state index is 8.72. The Kier molecular flexibility index (Phi) is 1.80. The molecular formula is C8H9N3O. The van der Waals surface area contributed by atoms with Crippen LogP contribution in [0.25, 0.3) is 0 Å². The number of ether oxygens (including phenoxy) is 1. The van der Waals surface area contributed by atoms with Gasteiger partial charge in [0, 0.05) is 6.61 Å². The first-order valence-corrected chi connectivity index (χ1v) is 3.91. The average Bonchev–Trinajstić information content (AvgIpc) is 2.74. The van der Waals surface area contributed by atoms with Crippen molar-refractivity contribution in [3.8, 4) is 6.07 Å². The van der Waals surface area contributed by atoms with Gasteiger partial charge in [0.2, 0.25) is 0 Å². The third kappa shape index (κ3) is 1.08. The molecule has 4 nitrogen and oxygen atoms in total. The van der Waals surface area contributed by atoms with Crippen molar-refractivity contribution >= 4 is 0 Å². The van der Waals surface area contributed by atoms with Crippen LogP contribution < -0.4 is 0 Å². The normalized spacial score (nSPS) is 22.4. The maximum Gasteiger partial charge on any atom is 0.140 e. The predicted octanol–water partition coefficient (Wildman–Crippen LogP) is 0.716. The third-order valence-corrected chi connectivity index (χ3v) is 2.08. The molecule has 2 heterocycles. The number of hydrogen-bond acceptors (Lipinski definition) is 3. The molecule has 0 aliphatic carbocycles. The van der Waals surface area contributed by atoms with Gasteiger partial charge in [-0.15, -0.1) is 0 Å². The molecule has 1 aliphatic heterocycles. The van der Waals surface area contributed by atoms with Crippen LogP contribution in [-0.4, -0.2) is 22.8 Å². The van der Waals surface area contributed by atoms with E-state index in [9.17, 15) is 0 Å². The zero-order chi connectivity index (χ0) is 8.39. The van der Waals surface area contributed by atoms with E-state index in [4.69, 9.17) is 10.00 Å². The molecule has 0 spiro atoms. The Morgan fingerprint density at radius 2 is 2.67 bits per heavy atom. The van der Waals surface area contributed by atoms with Crippen molar-refractivity contribution in [3.05, 3.63) is 18.2 Å². The minimum Gasteiger partial charge on any atom is -0.379 e. The number of hydrogen-bond donors (Lipinski definition) is 0. The lowest BCUT2D eigenvalue weighted by molar-refractivity contribution is 0.186. The lowest BCUT2D eigenvalue weighted by atomic mass is 10.2. The van der Waals surface area contributed by atoms with Gasteiger partial charge in [-0.1, -0.05) is 0 Å². The van der Waals surface area contributed by atoms with Gasteiger partial charge in [0.25, 0.3) is 0 Å². The van der Waals surface area contributed by atoms with E-state index >= 15 is 0 Å². The van der Waals surface area contributed by atoms with Gasteiger partial charge in [0.05, 0.1) is 25.2 Å². The van der Waals surface area contributed by atoms with Crippen molar-refractivity contribution in [1.82, 2.24) is 9.55 Å². The number of imidazole rings is 1. The molecule has 0 bridgehead atoms. The lowest BCUT2D eigenvalue weighted by Crippen LogP contribution is -2.08. The van der Waals surface area contributed by atoms with E-state index in [0.717, 1.165) is 13.0 Å². The van der Waals surface area contributed by atoms with E-state index in [2.05, 4.69) is 11.1 Å². The van der Waals surface area contributed by atoms with Crippen molar-refractivity contribution in [2.45, 2.75) is 12.5 Å². The SMILES string of the molecule is N#Cc1cncn1C1CCOC1. The predicted molar refractivity (Wildman–Crippen MR) is 41.4 cm³/mol. The highest BCUT2D eigenvalue weighted by atomic mass is 16.5. The molecule has 0 aromatic carbocycles. The summed E-state index contributed by atoms with van der Waals surface area (Å²) in [6.07, 6.45) is 4.25. The second-order valence-electron chi connectivity index (χ2n) is 2.82. The topological polar surface area (TPSA) is 50.8 Å². The first-order valence-electron chi connectivity index (χ1n) is 3.91. The van der Waals surface area contributed by atoms with Crippen molar-refractivity contribution in [2.24, 2.45) is 0 Å². The summed E-state index contributed by atoms with van der Waals surface area (Å²) in [5, 5.41) is 8.72. The van der Waals surface area contributed by atoms with E-state index in [1.807, 2.05) is 4.57 Å². The van der Waals surface area contributed by atoms with Gasteiger partial charge in [-0.25, -0.2) is 4.98 Å². The molecule has 1 fully saturated rings. The Morgan fingerprint density at radius 1 is 1.75 bits per heavy atom. The number of aromatic nitrogens is 2. The van der Waals surface area contributed by atoms with E-state index in [1.54, 1.807) is 12.5 Å². The molecule has 1 atom stereocenters. The minimum atomic E-state index is 0.308. The van der Waals surface area contributed by atoms with Gasteiger partial charge >= 0.3 is 0 Å². The van der Waals surface area contributed by atoms with Crippen molar-refractivity contribution in [1.29, 1.82) is 5.26 Å². The largest absolute Gasteiger partial charge is 0.379 e. The first-order chi connectivity index (χ1) is 5.92. The number of rotatable bonds is 1. The summed E-state index contributed by atoms with van der Waals surface area (Å²) in [5.74, 6) is 0. The number of nitriles is 1. The summed E-state index contributed by atoms with van der Waals surface area (Å²) < 4.78 is 7.10. The number of nitrogens with zero attached hydrogens (tertiary/aromatic N) is 3. The van der Waals surface area contributed by atoms with Gasteiger partial charge < -0.3 is 9.30 Å². The standard InChI is InChI=1S/C8H9N3O/c9-3-8-4-10-6-11(8)7-1-2-12-5-7/h4,6-7H,1-2,5H2. The molecule has 1 aromatic heterocycles. The molecule has 1 aromatic rings. The maximum absolute atomic E-state index is 8.72. The fourth-order valence-electron chi connectivity index (χ4n) is 1.42. The van der Waals surface area contributed by atoms with E-state index < -0.39 is 0 Å². The summed E-state index contributed by atoms with van der Waals surface area (Å²) in [4.78, 5) is 3.92. The van der Waals surface area contributed by atoms with Crippen LogP contribution >= 0.6 is 0 Å². The van der Waals surface area contributed by atoms with Crippen molar-refractivity contribution < 1.29 is 4.74 Å². The van der Waals surface area contributed by atoms with E-state index in [1.165, 1.54) is 0 Å². The van der Waals surface area contributed by atoms with Crippen LogP contribution in [0.15, 0.2) is 12.5 Å². The second kappa shape index (κ2) is 2.95. The molecule has 62 valence electrons. The van der Waals surface area contributed by atoms with Gasteiger partial charge in [-0.3, -0.25) is 0 Å². The zero-order valence-electron chi connectivity index (χ0n) is 6.60. The molecule has 1 aliphatic rings. The van der Waals surface area contributed by atoms with Crippen LogP contribution in [0.3, 0.4) is 0 Å². The van der Waals surface area contributed by atoms with Crippen molar-refractivity contribution in [3.63, 3.8) is 0 Å². The second-order valence-corrected chi connectivity index (χ2v) is 2.82. The van der Waals surface area contributed by atoms with Gasteiger partial charge in [-0.05, 0) is 6.42 Å². The highest BCUT2D eigenvalue weighted by Crippen LogP contribution is 2.19. The van der Waals surface area contributed by atoms with E-state index in [0.29, 0.717) is 18.3 Å². The Morgan fingerprint density at radius 3 is 3.33 bits per heavy atom. The molecule has 1 saturated heterocycles. The summed E-state index contributed by atoms with van der Waals surface area (Å²) in [5.41, 5.74) is 0.616. The first kappa shape index (κ1) is 7.32. The summed E-state index contributed by atoms with van der Waals surface area (Å²) in [7, 11) is 0. The minimum absolute atomic E-state index is 0.308. The van der Waals surface area contributed by atoms with Crippen LogP contribution in [-0.2, 0) is 4.74 Å². The molecule has 0 amide bonds. The van der Waals surface area contributed by atoms with Crippen LogP contribution in [0.5, 0.6) is 0 Å².